The Kier molecular flexibility index (Phi) is 3.67. The number of imide groups is 1. The van der Waals surface area contributed by atoms with Gasteiger partial charge in [0, 0.05) is 6.54 Å². The molecule has 0 saturated carbocycles. The fraction of sp³-hybridized carbons (Fsp3) is 0.429. The molecule has 1 aliphatic heterocycles. The van der Waals surface area contributed by atoms with Crippen molar-refractivity contribution in [3.63, 3.8) is 0 Å². The van der Waals surface area contributed by atoms with Gasteiger partial charge in [-0.1, -0.05) is 6.07 Å². The van der Waals surface area contributed by atoms with Crippen LogP contribution in [0.15, 0.2) is 18.2 Å². The molecule has 0 aromatic heterocycles. The van der Waals surface area contributed by atoms with Crippen molar-refractivity contribution in [2.45, 2.75) is 32.4 Å². The Balaban J connectivity index is 2.40. The second-order valence-electron chi connectivity index (χ2n) is 5.16. The molecule has 0 bridgehead atoms. The highest BCUT2D eigenvalue weighted by Gasteiger charge is 2.46. The first-order valence-electron chi connectivity index (χ1n) is 6.50. The van der Waals surface area contributed by atoms with Crippen molar-refractivity contribution < 1.29 is 14.3 Å². The van der Waals surface area contributed by atoms with Gasteiger partial charge in [0.15, 0.2) is 5.54 Å². The maximum atomic E-state index is 12.0. The standard InChI is InChI=1S/C14H19N3O3/c1-8(2)20-11-5-4-10(6-9(11)3)14(7-15)12(18)16-13(19)17-14/h4-6,8H,7,15H2,1-3H3,(H2,16,17,18,19). The molecule has 3 amide bonds. The lowest BCUT2D eigenvalue weighted by Crippen LogP contribution is -2.50. The Bertz CT molecular complexity index is 557. The zero-order valence-corrected chi connectivity index (χ0v) is 11.8. The van der Waals surface area contributed by atoms with Gasteiger partial charge in [0.25, 0.3) is 5.91 Å². The predicted octanol–water partition coefficient (Wildman–Crippen LogP) is 0.776. The number of urea groups is 1. The van der Waals surface area contributed by atoms with Crippen molar-refractivity contribution >= 4 is 11.9 Å². The zero-order valence-electron chi connectivity index (χ0n) is 11.8. The number of benzene rings is 1. The van der Waals surface area contributed by atoms with E-state index in [1.807, 2.05) is 26.8 Å². The summed E-state index contributed by atoms with van der Waals surface area (Å²) in [5.74, 6) is 0.322. The number of amides is 3. The number of hydrogen-bond acceptors (Lipinski definition) is 4. The van der Waals surface area contributed by atoms with E-state index >= 15 is 0 Å². The predicted molar refractivity (Wildman–Crippen MR) is 74.3 cm³/mol. The molecule has 1 atom stereocenters. The minimum atomic E-state index is -1.20. The Morgan fingerprint density at radius 2 is 2.05 bits per heavy atom. The van der Waals surface area contributed by atoms with E-state index in [4.69, 9.17) is 10.5 Å². The molecule has 1 saturated heterocycles. The minimum Gasteiger partial charge on any atom is -0.491 e. The van der Waals surface area contributed by atoms with Gasteiger partial charge in [-0.2, -0.15) is 0 Å². The van der Waals surface area contributed by atoms with E-state index in [0.717, 1.165) is 11.3 Å². The topological polar surface area (TPSA) is 93.5 Å². The number of ether oxygens (including phenoxy) is 1. The summed E-state index contributed by atoms with van der Waals surface area (Å²) < 4.78 is 5.66. The second kappa shape index (κ2) is 5.13. The molecule has 6 nitrogen and oxygen atoms in total. The molecule has 108 valence electrons. The summed E-state index contributed by atoms with van der Waals surface area (Å²) >= 11 is 0. The fourth-order valence-corrected chi connectivity index (χ4v) is 2.26. The quantitative estimate of drug-likeness (QED) is 0.709. The monoisotopic (exact) mass is 277 g/mol. The van der Waals surface area contributed by atoms with E-state index in [1.54, 1.807) is 12.1 Å². The van der Waals surface area contributed by atoms with Crippen LogP contribution in [0.25, 0.3) is 0 Å². The number of hydrogen-bond donors (Lipinski definition) is 3. The van der Waals surface area contributed by atoms with Crippen LogP contribution >= 0.6 is 0 Å². The normalized spacial score (nSPS) is 21.9. The smallest absolute Gasteiger partial charge is 0.322 e. The van der Waals surface area contributed by atoms with Gasteiger partial charge in [0.05, 0.1) is 6.10 Å². The molecular formula is C14H19N3O3. The largest absolute Gasteiger partial charge is 0.491 e. The van der Waals surface area contributed by atoms with Crippen LogP contribution in [0.3, 0.4) is 0 Å². The molecule has 1 heterocycles. The lowest BCUT2D eigenvalue weighted by atomic mass is 9.89. The Morgan fingerprint density at radius 3 is 2.50 bits per heavy atom. The summed E-state index contributed by atoms with van der Waals surface area (Å²) in [4.78, 5) is 23.4. The van der Waals surface area contributed by atoms with Crippen molar-refractivity contribution in [3.05, 3.63) is 29.3 Å². The summed E-state index contributed by atoms with van der Waals surface area (Å²) in [6.45, 7) is 5.77. The first-order valence-corrected chi connectivity index (χ1v) is 6.50. The number of aryl methyl sites for hydroxylation is 1. The van der Waals surface area contributed by atoms with Gasteiger partial charge < -0.3 is 15.8 Å². The SMILES string of the molecule is Cc1cc(C2(CN)NC(=O)NC2=O)ccc1OC(C)C. The van der Waals surface area contributed by atoms with Gasteiger partial charge >= 0.3 is 6.03 Å². The second-order valence-corrected chi connectivity index (χ2v) is 5.16. The Morgan fingerprint density at radius 1 is 1.35 bits per heavy atom. The van der Waals surface area contributed by atoms with Crippen molar-refractivity contribution in [3.8, 4) is 5.75 Å². The first-order chi connectivity index (χ1) is 9.39. The average Bonchev–Trinajstić information content (AvgIpc) is 2.67. The van der Waals surface area contributed by atoms with E-state index < -0.39 is 17.5 Å². The van der Waals surface area contributed by atoms with E-state index in [-0.39, 0.29) is 12.6 Å². The van der Waals surface area contributed by atoms with Gasteiger partial charge in [0.2, 0.25) is 0 Å². The van der Waals surface area contributed by atoms with Crippen LogP contribution in [0, 0.1) is 6.92 Å². The van der Waals surface area contributed by atoms with Gasteiger partial charge in [-0.25, -0.2) is 4.79 Å². The first kappa shape index (κ1) is 14.3. The summed E-state index contributed by atoms with van der Waals surface area (Å²) in [6, 6.07) is 4.83. The number of carbonyl (C=O) groups excluding carboxylic acids is 2. The van der Waals surface area contributed by atoms with Crippen molar-refractivity contribution in [1.82, 2.24) is 10.6 Å². The molecule has 0 spiro atoms. The molecule has 2 rings (SSSR count). The third-order valence-corrected chi connectivity index (χ3v) is 3.28. The molecule has 1 fully saturated rings. The third kappa shape index (κ3) is 2.34. The maximum Gasteiger partial charge on any atom is 0.322 e. The van der Waals surface area contributed by atoms with Gasteiger partial charge in [-0.3, -0.25) is 10.1 Å². The van der Waals surface area contributed by atoms with E-state index in [0.29, 0.717) is 5.56 Å². The highest BCUT2D eigenvalue weighted by atomic mass is 16.5. The molecule has 1 aromatic rings. The number of nitrogens with one attached hydrogen (secondary N) is 2. The summed E-state index contributed by atoms with van der Waals surface area (Å²) in [7, 11) is 0. The molecule has 1 unspecified atom stereocenters. The van der Waals surface area contributed by atoms with E-state index in [2.05, 4.69) is 10.6 Å². The fourth-order valence-electron chi connectivity index (χ4n) is 2.26. The number of rotatable bonds is 4. The molecule has 6 heteroatoms. The molecule has 1 aliphatic rings. The van der Waals surface area contributed by atoms with Crippen LogP contribution in [0.2, 0.25) is 0 Å². The molecule has 0 radical (unpaired) electrons. The lowest BCUT2D eigenvalue weighted by Gasteiger charge is -2.25. The average molecular weight is 277 g/mol. The Hall–Kier alpha value is -2.08. The third-order valence-electron chi connectivity index (χ3n) is 3.28. The van der Waals surface area contributed by atoms with Crippen LogP contribution in [-0.4, -0.2) is 24.6 Å². The minimum absolute atomic E-state index is 0.00556. The summed E-state index contributed by atoms with van der Waals surface area (Å²) in [5, 5.41) is 4.83. The van der Waals surface area contributed by atoms with Crippen molar-refractivity contribution in [1.29, 1.82) is 0 Å². The van der Waals surface area contributed by atoms with Crippen LogP contribution < -0.4 is 21.1 Å². The lowest BCUT2D eigenvalue weighted by molar-refractivity contribution is -0.123. The highest BCUT2D eigenvalue weighted by molar-refractivity contribution is 6.07. The molecule has 20 heavy (non-hydrogen) atoms. The van der Waals surface area contributed by atoms with E-state index in [1.165, 1.54) is 0 Å². The van der Waals surface area contributed by atoms with E-state index in [9.17, 15) is 9.59 Å². The van der Waals surface area contributed by atoms with Gasteiger partial charge in [-0.05, 0) is 44.0 Å². The summed E-state index contributed by atoms with van der Waals surface area (Å²) in [5.41, 5.74) is 6.06. The number of carbonyl (C=O) groups is 2. The van der Waals surface area contributed by atoms with Gasteiger partial charge in [-0.15, -0.1) is 0 Å². The van der Waals surface area contributed by atoms with Crippen molar-refractivity contribution in [2.24, 2.45) is 5.73 Å². The molecular weight excluding hydrogens is 258 g/mol. The van der Waals surface area contributed by atoms with Crippen LogP contribution in [0.1, 0.15) is 25.0 Å². The van der Waals surface area contributed by atoms with Crippen molar-refractivity contribution in [2.75, 3.05) is 6.54 Å². The summed E-state index contributed by atoms with van der Waals surface area (Å²) in [6.07, 6.45) is 0.0671. The molecule has 0 aliphatic carbocycles. The van der Waals surface area contributed by atoms with Crippen LogP contribution in [-0.2, 0) is 10.3 Å². The Labute approximate surface area is 117 Å². The maximum absolute atomic E-state index is 12.0. The van der Waals surface area contributed by atoms with Crippen LogP contribution in [0.5, 0.6) is 5.75 Å². The molecule has 4 N–H and O–H groups in total. The molecule has 1 aromatic carbocycles. The number of nitrogens with two attached hydrogens (primary N) is 1. The van der Waals surface area contributed by atoms with Gasteiger partial charge in [0.1, 0.15) is 5.75 Å². The van der Waals surface area contributed by atoms with Crippen LogP contribution in [0.4, 0.5) is 4.79 Å². The zero-order chi connectivity index (χ0) is 14.9. The highest BCUT2D eigenvalue weighted by Crippen LogP contribution is 2.29.